The van der Waals surface area contributed by atoms with Crippen LogP contribution in [-0.4, -0.2) is 11.9 Å². The number of carbonyl (C=O) groups excluding carboxylic acids is 2. The first-order chi connectivity index (χ1) is 14.2. The lowest BCUT2D eigenvalue weighted by Crippen LogP contribution is -2.07. The zero-order chi connectivity index (χ0) is 21.8. The summed E-state index contributed by atoms with van der Waals surface area (Å²) < 4.78 is 16.0. The van der Waals surface area contributed by atoms with E-state index in [4.69, 9.17) is 13.9 Å². The lowest BCUT2D eigenvalue weighted by molar-refractivity contribution is -0.132. The maximum absolute atomic E-state index is 13.0. The third-order valence-corrected chi connectivity index (χ3v) is 4.36. The maximum Gasteiger partial charge on any atom is 0.308 e. The predicted octanol–water partition coefficient (Wildman–Crippen LogP) is 4.82. The summed E-state index contributed by atoms with van der Waals surface area (Å²) in [4.78, 5) is 35.6. The minimum absolute atomic E-state index is 0.209. The molecule has 0 aliphatic carbocycles. The van der Waals surface area contributed by atoms with Crippen LogP contribution in [0.4, 0.5) is 0 Å². The van der Waals surface area contributed by atoms with E-state index >= 15 is 0 Å². The van der Waals surface area contributed by atoms with Gasteiger partial charge in [0.25, 0.3) is 0 Å². The molecule has 0 bridgehead atoms. The summed E-state index contributed by atoms with van der Waals surface area (Å²) >= 11 is 0. The molecule has 3 rings (SSSR count). The van der Waals surface area contributed by atoms with Crippen LogP contribution in [0.5, 0.6) is 11.5 Å². The van der Waals surface area contributed by atoms with Crippen LogP contribution in [0.1, 0.15) is 33.3 Å². The first-order valence-corrected chi connectivity index (χ1v) is 9.43. The van der Waals surface area contributed by atoms with Crippen LogP contribution < -0.4 is 14.9 Å². The molecule has 1 aromatic heterocycles. The highest BCUT2D eigenvalue weighted by atomic mass is 16.5. The molecular formula is C24H22O6. The smallest absolute Gasteiger partial charge is 0.308 e. The average Bonchev–Trinajstić information content (AvgIpc) is 2.66. The third kappa shape index (κ3) is 4.84. The summed E-state index contributed by atoms with van der Waals surface area (Å²) in [6, 6.07) is 9.84. The Balaban J connectivity index is 2.07. The van der Waals surface area contributed by atoms with E-state index < -0.39 is 11.9 Å². The highest BCUT2D eigenvalue weighted by Crippen LogP contribution is 2.28. The lowest BCUT2D eigenvalue weighted by atomic mass is 10.0. The summed E-state index contributed by atoms with van der Waals surface area (Å²) in [5, 5.41) is 0.373. The van der Waals surface area contributed by atoms with Crippen molar-refractivity contribution in [3.8, 4) is 22.6 Å². The fourth-order valence-electron chi connectivity index (χ4n) is 3.01. The van der Waals surface area contributed by atoms with Crippen LogP contribution in [-0.2, 0) is 16.0 Å². The van der Waals surface area contributed by atoms with Crippen molar-refractivity contribution in [2.45, 2.75) is 34.1 Å². The number of hydrogen-bond donors (Lipinski definition) is 0. The Kier molecular flexibility index (Phi) is 6.16. The van der Waals surface area contributed by atoms with Gasteiger partial charge in [0, 0.05) is 19.9 Å². The number of allylic oxidation sites excluding steroid dienone is 2. The van der Waals surface area contributed by atoms with Crippen LogP contribution in [0.2, 0.25) is 0 Å². The largest absolute Gasteiger partial charge is 0.463 e. The van der Waals surface area contributed by atoms with E-state index in [1.165, 1.54) is 26.2 Å². The summed E-state index contributed by atoms with van der Waals surface area (Å²) in [5.74, 6) is -0.0966. The molecule has 0 fully saturated rings. The van der Waals surface area contributed by atoms with Gasteiger partial charge in [-0.2, -0.15) is 0 Å². The van der Waals surface area contributed by atoms with E-state index in [9.17, 15) is 14.4 Å². The van der Waals surface area contributed by atoms with Crippen molar-refractivity contribution in [1.82, 2.24) is 0 Å². The SMILES string of the molecule is CC(=O)Oc1ccc2c(=O)c(-c3ccc(OC(C)=O)c(CC=C(C)C)c3)coc2c1. The standard InChI is InChI=1S/C24H22O6/c1-14(2)5-6-18-11-17(7-10-22(18)30-16(4)26)21-13-28-23-12-19(29-15(3)25)8-9-20(23)24(21)27/h5,7-13H,6H2,1-4H3. The topological polar surface area (TPSA) is 82.8 Å². The van der Waals surface area contributed by atoms with Gasteiger partial charge in [-0.05, 0) is 55.7 Å². The van der Waals surface area contributed by atoms with E-state index in [2.05, 4.69) is 0 Å². The number of benzene rings is 2. The van der Waals surface area contributed by atoms with Crippen molar-refractivity contribution in [2.75, 3.05) is 0 Å². The molecule has 6 nitrogen and oxygen atoms in total. The van der Waals surface area contributed by atoms with Gasteiger partial charge in [0.05, 0.1) is 10.9 Å². The first-order valence-electron chi connectivity index (χ1n) is 9.43. The molecule has 0 saturated carbocycles. The number of carbonyl (C=O) groups is 2. The normalized spacial score (nSPS) is 10.5. The lowest BCUT2D eigenvalue weighted by Gasteiger charge is -2.11. The van der Waals surface area contributed by atoms with Gasteiger partial charge in [-0.15, -0.1) is 0 Å². The van der Waals surface area contributed by atoms with E-state index in [0.717, 1.165) is 11.1 Å². The zero-order valence-corrected chi connectivity index (χ0v) is 17.3. The Bertz CT molecular complexity index is 1210. The van der Waals surface area contributed by atoms with Gasteiger partial charge >= 0.3 is 11.9 Å². The van der Waals surface area contributed by atoms with Crippen molar-refractivity contribution >= 4 is 22.9 Å². The van der Waals surface area contributed by atoms with Crippen LogP contribution in [0, 0.1) is 0 Å². The average molecular weight is 406 g/mol. The zero-order valence-electron chi connectivity index (χ0n) is 17.3. The third-order valence-electron chi connectivity index (χ3n) is 4.36. The Morgan fingerprint density at radius 2 is 1.70 bits per heavy atom. The Labute approximate surface area is 173 Å². The number of rotatable bonds is 5. The molecule has 0 aliphatic heterocycles. The molecule has 2 aromatic carbocycles. The maximum atomic E-state index is 13.0. The highest BCUT2D eigenvalue weighted by molar-refractivity contribution is 5.83. The molecule has 0 saturated heterocycles. The second-order valence-corrected chi connectivity index (χ2v) is 7.13. The minimum atomic E-state index is -0.454. The Hall–Kier alpha value is -3.67. The molecule has 0 aliphatic rings. The Morgan fingerprint density at radius 3 is 2.37 bits per heavy atom. The number of esters is 2. The van der Waals surface area contributed by atoms with Gasteiger partial charge in [-0.25, -0.2) is 0 Å². The second kappa shape index (κ2) is 8.78. The monoisotopic (exact) mass is 406 g/mol. The molecule has 0 spiro atoms. The van der Waals surface area contributed by atoms with Crippen molar-refractivity contribution in [3.63, 3.8) is 0 Å². The number of hydrogen-bond acceptors (Lipinski definition) is 6. The molecule has 6 heteroatoms. The van der Waals surface area contributed by atoms with Crippen LogP contribution in [0.15, 0.2) is 63.5 Å². The molecule has 30 heavy (non-hydrogen) atoms. The molecule has 0 atom stereocenters. The van der Waals surface area contributed by atoms with Gasteiger partial charge in [0.15, 0.2) is 5.43 Å². The fraction of sp³-hybridized carbons (Fsp3) is 0.208. The van der Waals surface area contributed by atoms with Gasteiger partial charge in [0.2, 0.25) is 0 Å². The first kappa shape index (κ1) is 21.0. The van der Waals surface area contributed by atoms with Gasteiger partial charge in [-0.1, -0.05) is 17.7 Å². The van der Waals surface area contributed by atoms with Gasteiger partial charge in [0.1, 0.15) is 23.3 Å². The van der Waals surface area contributed by atoms with Crippen LogP contribution >= 0.6 is 0 Å². The second-order valence-electron chi connectivity index (χ2n) is 7.13. The molecule has 0 N–H and O–H groups in total. The molecule has 0 amide bonds. The predicted molar refractivity (Wildman–Crippen MR) is 114 cm³/mol. The van der Waals surface area contributed by atoms with Crippen molar-refractivity contribution in [3.05, 3.63) is 70.1 Å². The van der Waals surface area contributed by atoms with Crippen molar-refractivity contribution in [1.29, 1.82) is 0 Å². The van der Waals surface area contributed by atoms with Crippen molar-refractivity contribution < 1.29 is 23.5 Å². The van der Waals surface area contributed by atoms with E-state index in [0.29, 0.717) is 40.0 Å². The number of ether oxygens (including phenoxy) is 2. The van der Waals surface area contributed by atoms with E-state index in [-0.39, 0.29) is 5.43 Å². The number of fused-ring (bicyclic) bond motifs is 1. The molecular weight excluding hydrogens is 384 g/mol. The van der Waals surface area contributed by atoms with E-state index in [1.54, 1.807) is 24.3 Å². The Morgan fingerprint density at radius 1 is 0.967 bits per heavy atom. The molecule has 3 aromatic rings. The quantitative estimate of drug-likeness (QED) is 0.343. The molecule has 1 heterocycles. The molecule has 0 radical (unpaired) electrons. The summed E-state index contributed by atoms with van der Waals surface area (Å²) in [7, 11) is 0. The van der Waals surface area contributed by atoms with Crippen molar-refractivity contribution in [2.24, 2.45) is 0 Å². The molecule has 154 valence electrons. The van der Waals surface area contributed by atoms with Gasteiger partial charge in [-0.3, -0.25) is 14.4 Å². The van der Waals surface area contributed by atoms with E-state index in [1.807, 2.05) is 26.0 Å². The van der Waals surface area contributed by atoms with Crippen LogP contribution in [0.25, 0.3) is 22.1 Å². The highest BCUT2D eigenvalue weighted by Gasteiger charge is 2.14. The summed E-state index contributed by atoms with van der Waals surface area (Å²) in [6.07, 6.45) is 3.96. The molecule has 0 unspecified atom stereocenters. The summed E-state index contributed by atoms with van der Waals surface area (Å²) in [6.45, 7) is 6.62. The minimum Gasteiger partial charge on any atom is -0.463 e. The summed E-state index contributed by atoms with van der Waals surface area (Å²) in [5.41, 5.74) is 3.07. The fourth-order valence-corrected chi connectivity index (χ4v) is 3.01. The van der Waals surface area contributed by atoms with Gasteiger partial charge < -0.3 is 13.9 Å². The van der Waals surface area contributed by atoms with Crippen LogP contribution in [0.3, 0.4) is 0 Å².